The Morgan fingerprint density at radius 3 is 1.88 bits per heavy atom. The third-order valence-corrected chi connectivity index (χ3v) is 7.87. The van der Waals surface area contributed by atoms with E-state index in [1.165, 1.54) is 30.9 Å². The zero-order valence-electron chi connectivity index (χ0n) is 18.2. The summed E-state index contributed by atoms with van der Waals surface area (Å²) in [5.41, 5.74) is 6.05. The first-order chi connectivity index (χ1) is 16.8. The maximum Gasteiger partial charge on any atom is 0.101 e. The molecule has 158 valence electrons. The number of aromatic nitrogens is 1. The van der Waals surface area contributed by atoms with E-state index in [-0.39, 0.29) is 0 Å². The molecule has 0 N–H and O–H groups in total. The number of fused-ring (bicyclic) bond motifs is 6. The molecule has 0 radical (unpaired) electrons. The Bertz CT molecular complexity index is 1880. The van der Waals surface area contributed by atoms with Crippen molar-refractivity contribution < 1.29 is 0 Å². The number of rotatable bonds is 2. The first-order valence-electron chi connectivity index (χ1n) is 11.3. The fraction of sp³-hybridized carbons (Fsp3) is 0. The fourth-order valence-electron chi connectivity index (χ4n) is 5.21. The van der Waals surface area contributed by atoms with E-state index in [1.807, 2.05) is 23.5 Å². The Morgan fingerprint density at radius 2 is 1.15 bits per heavy atom. The van der Waals surface area contributed by atoms with E-state index in [9.17, 15) is 5.26 Å². The lowest BCUT2D eigenvalue weighted by Gasteiger charge is -2.16. The van der Waals surface area contributed by atoms with Crippen molar-refractivity contribution in [3.8, 4) is 22.9 Å². The van der Waals surface area contributed by atoms with Crippen LogP contribution in [-0.4, -0.2) is 4.57 Å². The van der Waals surface area contributed by atoms with E-state index >= 15 is 0 Å². The van der Waals surface area contributed by atoms with Gasteiger partial charge < -0.3 is 4.57 Å². The number of nitriles is 1. The second-order valence-corrected chi connectivity index (χ2v) is 9.52. The second kappa shape index (κ2) is 7.31. The average Bonchev–Trinajstić information content (AvgIpc) is 3.44. The van der Waals surface area contributed by atoms with Gasteiger partial charge in [-0.1, -0.05) is 84.9 Å². The summed E-state index contributed by atoms with van der Waals surface area (Å²) in [6.45, 7) is 0. The molecule has 0 aliphatic heterocycles. The molecular weight excluding hydrogens is 432 g/mol. The molecule has 2 aromatic heterocycles. The molecule has 7 aromatic rings. The van der Waals surface area contributed by atoms with E-state index in [0.29, 0.717) is 5.56 Å². The second-order valence-electron chi connectivity index (χ2n) is 8.46. The Balaban J connectivity index is 1.65. The number of para-hydroxylation sites is 3. The highest BCUT2D eigenvalue weighted by atomic mass is 32.1. The van der Waals surface area contributed by atoms with Crippen LogP contribution in [0.5, 0.6) is 0 Å². The van der Waals surface area contributed by atoms with Gasteiger partial charge in [-0.2, -0.15) is 5.26 Å². The monoisotopic (exact) mass is 450 g/mol. The summed E-state index contributed by atoms with van der Waals surface area (Å²) in [5.74, 6) is 0. The van der Waals surface area contributed by atoms with Crippen molar-refractivity contribution >= 4 is 53.3 Å². The molecule has 0 spiro atoms. The highest BCUT2D eigenvalue weighted by molar-refractivity contribution is 7.26. The van der Waals surface area contributed by atoms with Crippen LogP contribution in [-0.2, 0) is 0 Å². The summed E-state index contributed by atoms with van der Waals surface area (Å²) in [6.07, 6.45) is 0. The van der Waals surface area contributed by atoms with Crippen molar-refractivity contribution in [2.24, 2.45) is 0 Å². The van der Waals surface area contributed by atoms with E-state index in [0.717, 1.165) is 27.8 Å². The maximum absolute atomic E-state index is 10.2. The molecule has 0 amide bonds. The highest BCUT2D eigenvalue weighted by Gasteiger charge is 2.20. The first-order valence-corrected chi connectivity index (χ1v) is 12.1. The number of nitrogens with zero attached hydrogens (tertiary/aromatic N) is 2. The van der Waals surface area contributed by atoms with Crippen LogP contribution in [0.1, 0.15) is 5.56 Å². The van der Waals surface area contributed by atoms with E-state index in [1.54, 1.807) is 0 Å². The molecular formula is C31H18N2S. The van der Waals surface area contributed by atoms with Gasteiger partial charge in [-0.05, 0) is 24.3 Å². The Hall–Kier alpha value is -4.39. The zero-order valence-corrected chi connectivity index (χ0v) is 19.0. The molecule has 0 atom stereocenters. The lowest BCUT2D eigenvalue weighted by molar-refractivity contribution is 1.17. The Morgan fingerprint density at radius 1 is 0.559 bits per heavy atom. The largest absolute Gasteiger partial charge is 0.307 e. The molecule has 3 heteroatoms. The molecule has 0 aliphatic carbocycles. The van der Waals surface area contributed by atoms with Crippen LogP contribution in [0, 0.1) is 11.3 Å². The smallest absolute Gasteiger partial charge is 0.101 e. The molecule has 34 heavy (non-hydrogen) atoms. The van der Waals surface area contributed by atoms with Gasteiger partial charge in [-0.3, -0.25) is 0 Å². The standard InChI is InChI=1S/C31H18N2S/c32-19-20-9-7-13-24(26-15-8-14-25-23-12-3-6-18-29(23)34-31(25)26)30(20)33-27-16-4-1-10-21(27)22-11-2-5-17-28(22)33/h1-18H. The lowest BCUT2D eigenvalue weighted by Crippen LogP contribution is -2.00. The quantitative estimate of drug-likeness (QED) is 0.259. The van der Waals surface area contributed by atoms with Crippen LogP contribution >= 0.6 is 11.3 Å². The minimum atomic E-state index is 0.669. The SMILES string of the molecule is N#Cc1cccc(-c2cccc3c2sc2ccccc23)c1-n1c2ccccc2c2ccccc21. The van der Waals surface area contributed by atoms with Gasteiger partial charge in [-0.25, -0.2) is 0 Å². The Labute approximate surface area is 200 Å². The molecule has 2 nitrogen and oxygen atoms in total. The van der Waals surface area contributed by atoms with Crippen LogP contribution < -0.4 is 0 Å². The van der Waals surface area contributed by atoms with Crippen molar-refractivity contribution in [3.05, 3.63) is 115 Å². The predicted octanol–water partition coefficient (Wildman–Crippen LogP) is 8.69. The van der Waals surface area contributed by atoms with Gasteiger partial charge in [-0.15, -0.1) is 11.3 Å². The molecule has 5 aromatic carbocycles. The predicted molar refractivity (Wildman–Crippen MR) is 144 cm³/mol. The van der Waals surface area contributed by atoms with Crippen molar-refractivity contribution in [3.63, 3.8) is 0 Å². The van der Waals surface area contributed by atoms with Gasteiger partial charge in [0.25, 0.3) is 0 Å². The molecule has 2 heterocycles. The van der Waals surface area contributed by atoms with Gasteiger partial charge in [0.1, 0.15) is 6.07 Å². The van der Waals surface area contributed by atoms with Crippen LogP contribution in [0.3, 0.4) is 0 Å². The summed E-state index contributed by atoms with van der Waals surface area (Å²) in [5, 5.41) is 15.1. The van der Waals surface area contributed by atoms with Crippen LogP contribution in [0.15, 0.2) is 109 Å². The number of hydrogen-bond donors (Lipinski definition) is 0. The fourth-order valence-corrected chi connectivity index (χ4v) is 6.45. The summed E-state index contributed by atoms with van der Waals surface area (Å²) in [7, 11) is 0. The zero-order chi connectivity index (χ0) is 22.6. The van der Waals surface area contributed by atoms with E-state index in [2.05, 4.69) is 108 Å². The van der Waals surface area contributed by atoms with Crippen molar-refractivity contribution in [1.29, 1.82) is 5.26 Å². The number of benzene rings is 5. The first kappa shape index (κ1) is 19.1. The number of thiophene rings is 1. The van der Waals surface area contributed by atoms with E-state index in [4.69, 9.17) is 0 Å². The normalized spacial score (nSPS) is 11.5. The van der Waals surface area contributed by atoms with Gasteiger partial charge in [0.2, 0.25) is 0 Å². The minimum Gasteiger partial charge on any atom is -0.307 e. The molecule has 0 unspecified atom stereocenters. The van der Waals surface area contributed by atoms with Crippen molar-refractivity contribution in [2.45, 2.75) is 0 Å². The van der Waals surface area contributed by atoms with Crippen molar-refractivity contribution in [1.82, 2.24) is 4.57 Å². The molecule has 0 bridgehead atoms. The van der Waals surface area contributed by atoms with Gasteiger partial charge >= 0.3 is 0 Å². The summed E-state index contributed by atoms with van der Waals surface area (Å²) >= 11 is 1.82. The van der Waals surface area contributed by atoms with Gasteiger partial charge in [0.05, 0.1) is 22.3 Å². The minimum absolute atomic E-state index is 0.669. The van der Waals surface area contributed by atoms with E-state index < -0.39 is 0 Å². The van der Waals surface area contributed by atoms with Crippen molar-refractivity contribution in [2.75, 3.05) is 0 Å². The van der Waals surface area contributed by atoms with Crippen LogP contribution in [0.25, 0.3) is 58.8 Å². The molecule has 0 fully saturated rings. The molecule has 0 aliphatic rings. The third kappa shape index (κ3) is 2.61. The molecule has 7 rings (SSSR count). The highest BCUT2D eigenvalue weighted by Crippen LogP contribution is 2.43. The average molecular weight is 451 g/mol. The maximum atomic E-state index is 10.2. The molecule has 0 saturated carbocycles. The number of hydrogen-bond acceptors (Lipinski definition) is 2. The third-order valence-electron chi connectivity index (χ3n) is 6.65. The van der Waals surface area contributed by atoms with Crippen LogP contribution in [0.2, 0.25) is 0 Å². The lowest BCUT2D eigenvalue weighted by atomic mass is 9.98. The van der Waals surface area contributed by atoms with Crippen LogP contribution in [0.4, 0.5) is 0 Å². The topological polar surface area (TPSA) is 28.7 Å². The van der Waals surface area contributed by atoms with Gasteiger partial charge in [0.15, 0.2) is 0 Å². The Kier molecular flexibility index (Phi) is 4.11. The summed E-state index contributed by atoms with van der Waals surface area (Å²) in [4.78, 5) is 0. The van der Waals surface area contributed by atoms with Gasteiger partial charge in [0, 0.05) is 42.1 Å². The molecule has 0 saturated heterocycles. The summed E-state index contributed by atoms with van der Waals surface area (Å²) in [6, 6.07) is 40.5. The summed E-state index contributed by atoms with van der Waals surface area (Å²) < 4.78 is 4.80.